The Hall–Kier alpha value is -3.53. The van der Waals surface area contributed by atoms with Gasteiger partial charge in [-0.15, -0.1) is 0 Å². The summed E-state index contributed by atoms with van der Waals surface area (Å²) in [4.78, 5) is 31.0. The van der Waals surface area contributed by atoms with Gasteiger partial charge in [-0.3, -0.25) is 9.48 Å². The van der Waals surface area contributed by atoms with Gasteiger partial charge in [0.2, 0.25) is 0 Å². The number of amides is 1. The Morgan fingerprint density at radius 1 is 1.25 bits per heavy atom. The molecular weight excluding hydrogens is 412 g/mol. The van der Waals surface area contributed by atoms with Crippen molar-refractivity contribution < 1.29 is 19.1 Å². The molecule has 0 spiro atoms. The van der Waals surface area contributed by atoms with Crippen molar-refractivity contribution >= 4 is 34.6 Å². The molecule has 10 nitrogen and oxygen atoms in total. The van der Waals surface area contributed by atoms with E-state index in [1.807, 2.05) is 43.8 Å². The highest BCUT2D eigenvalue weighted by Crippen LogP contribution is 2.35. The molecule has 0 aromatic carbocycles. The zero-order valence-corrected chi connectivity index (χ0v) is 18.2. The third-order valence-corrected chi connectivity index (χ3v) is 5.30. The van der Waals surface area contributed by atoms with Gasteiger partial charge in [0.1, 0.15) is 11.9 Å². The molecule has 3 aromatic rings. The topological polar surface area (TPSA) is 104 Å². The molecule has 0 fully saturated rings. The number of anilines is 2. The summed E-state index contributed by atoms with van der Waals surface area (Å²) in [5, 5.41) is 8.92. The monoisotopic (exact) mass is 436 g/mol. The fraction of sp³-hybridized carbons (Fsp3) is 0.409. The third kappa shape index (κ3) is 3.77. The van der Waals surface area contributed by atoms with E-state index in [1.165, 1.54) is 11.2 Å². The Bertz CT molecular complexity index is 1230. The number of ketones is 1. The SMILES string of the molecule is CC(C)(C)OC(=O)N(c1cc2n(n1)CCOC2)c1cc(C2=CC(=O)CC2)cn2ncnc12. The van der Waals surface area contributed by atoms with Crippen molar-refractivity contribution in [2.45, 2.75) is 52.4 Å². The highest BCUT2D eigenvalue weighted by molar-refractivity contribution is 6.03. The summed E-state index contributed by atoms with van der Waals surface area (Å²) in [5.41, 5.74) is 2.81. The van der Waals surface area contributed by atoms with Crippen LogP contribution in [0.5, 0.6) is 0 Å². The summed E-state index contributed by atoms with van der Waals surface area (Å²) in [6.45, 7) is 7.03. The largest absolute Gasteiger partial charge is 0.443 e. The van der Waals surface area contributed by atoms with E-state index >= 15 is 0 Å². The number of fused-ring (bicyclic) bond motifs is 2. The standard InChI is InChI=1S/C22H24N6O4/c1-22(2,3)32-21(30)28(19-10-16-12-31-7-6-26(16)25-19)18-9-15(14-4-5-17(29)8-14)11-27-20(18)23-13-24-27/h8-11,13H,4-7,12H2,1-3H3. The molecule has 1 amide bonds. The molecule has 3 aromatic heterocycles. The molecule has 10 heteroatoms. The van der Waals surface area contributed by atoms with Crippen molar-refractivity contribution in [3.8, 4) is 0 Å². The van der Waals surface area contributed by atoms with Gasteiger partial charge in [-0.05, 0) is 50.5 Å². The van der Waals surface area contributed by atoms with E-state index in [-0.39, 0.29) is 5.78 Å². The molecule has 1 aliphatic heterocycles. The van der Waals surface area contributed by atoms with Crippen LogP contribution in [0.15, 0.2) is 30.7 Å². The lowest BCUT2D eigenvalue weighted by atomic mass is 10.1. The van der Waals surface area contributed by atoms with Crippen molar-refractivity contribution in [1.82, 2.24) is 24.4 Å². The summed E-state index contributed by atoms with van der Waals surface area (Å²) in [6, 6.07) is 3.66. The van der Waals surface area contributed by atoms with Crippen LogP contribution in [0.25, 0.3) is 11.2 Å². The molecule has 0 N–H and O–H groups in total. The van der Waals surface area contributed by atoms with Gasteiger partial charge in [0.05, 0.1) is 31.1 Å². The van der Waals surface area contributed by atoms with Gasteiger partial charge in [-0.1, -0.05) is 0 Å². The van der Waals surface area contributed by atoms with Gasteiger partial charge in [0.15, 0.2) is 17.2 Å². The fourth-order valence-electron chi connectivity index (χ4n) is 3.88. The highest BCUT2D eigenvalue weighted by atomic mass is 16.6. The summed E-state index contributed by atoms with van der Waals surface area (Å²) in [6.07, 6.45) is 5.43. The van der Waals surface area contributed by atoms with Crippen molar-refractivity contribution in [2.75, 3.05) is 11.5 Å². The van der Waals surface area contributed by atoms with Gasteiger partial charge in [0.25, 0.3) is 0 Å². The van der Waals surface area contributed by atoms with Crippen molar-refractivity contribution in [1.29, 1.82) is 0 Å². The number of nitrogens with zero attached hydrogens (tertiary/aromatic N) is 6. The van der Waals surface area contributed by atoms with Crippen molar-refractivity contribution in [2.24, 2.45) is 0 Å². The summed E-state index contributed by atoms with van der Waals surface area (Å²) in [7, 11) is 0. The zero-order valence-electron chi connectivity index (χ0n) is 18.2. The third-order valence-electron chi connectivity index (χ3n) is 5.30. The first-order chi connectivity index (χ1) is 15.3. The van der Waals surface area contributed by atoms with Crippen LogP contribution in [0.3, 0.4) is 0 Å². The minimum atomic E-state index is -0.709. The molecule has 0 unspecified atom stereocenters. The molecule has 0 atom stereocenters. The Balaban J connectivity index is 1.68. The Morgan fingerprint density at radius 3 is 2.81 bits per heavy atom. The molecule has 5 rings (SSSR count). The predicted octanol–water partition coefficient (Wildman–Crippen LogP) is 3.28. The predicted molar refractivity (Wildman–Crippen MR) is 115 cm³/mol. The number of hydrogen-bond acceptors (Lipinski definition) is 7. The molecule has 32 heavy (non-hydrogen) atoms. The first-order valence-corrected chi connectivity index (χ1v) is 10.5. The second-order valence-corrected chi connectivity index (χ2v) is 8.86. The van der Waals surface area contributed by atoms with E-state index in [9.17, 15) is 9.59 Å². The highest BCUT2D eigenvalue weighted by Gasteiger charge is 2.31. The number of allylic oxidation sites excluding steroid dienone is 2. The number of carbonyl (C=O) groups excluding carboxylic acids is 2. The zero-order chi connectivity index (χ0) is 22.5. The van der Waals surface area contributed by atoms with Gasteiger partial charge in [-0.2, -0.15) is 10.2 Å². The minimum Gasteiger partial charge on any atom is -0.443 e. The van der Waals surface area contributed by atoms with Crippen molar-refractivity contribution in [3.63, 3.8) is 0 Å². The maximum Gasteiger partial charge on any atom is 0.420 e. The Labute approximate surface area is 184 Å². The Morgan fingerprint density at radius 2 is 2.09 bits per heavy atom. The number of rotatable bonds is 3. The quantitative estimate of drug-likeness (QED) is 0.621. The number of carbonyl (C=O) groups is 2. The number of aromatic nitrogens is 5. The van der Waals surface area contributed by atoms with Gasteiger partial charge >= 0.3 is 6.09 Å². The van der Waals surface area contributed by atoms with Crippen molar-refractivity contribution in [3.05, 3.63) is 42.0 Å². The van der Waals surface area contributed by atoms with E-state index in [2.05, 4.69) is 15.2 Å². The molecule has 0 saturated carbocycles. The van der Waals surface area contributed by atoms with E-state index < -0.39 is 11.7 Å². The van der Waals surface area contributed by atoms with Crippen LogP contribution in [0.2, 0.25) is 0 Å². The lowest BCUT2D eigenvalue weighted by Crippen LogP contribution is -2.34. The smallest absolute Gasteiger partial charge is 0.420 e. The first-order valence-electron chi connectivity index (χ1n) is 10.5. The van der Waals surface area contributed by atoms with Gasteiger partial charge in [-0.25, -0.2) is 19.2 Å². The maximum atomic E-state index is 13.4. The second kappa shape index (κ2) is 7.56. The molecule has 0 bridgehead atoms. The van der Waals surface area contributed by atoms with Crippen LogP contribution < -0.4 is 4.90 Å². The average Bonchev–Trinajstić information content (AvgIpc) is 3.45. The first kappa shape index (κ1) is 20.4. The van der Waals surface area contributed by atoms with E-state index in [1.54, 1.807) is 10.6 Å². The summed E-state index contributed by atoms with van der Waals surface area (Å²) in [5.74, 6) is 0.504. The summed E-state index contributed by atoms with van der Waals surface area (Å²) >= 11 is 0. The lowest BCUT2D eigenvalue weighted by molar-refractivity contribution is -0.114. The molecular formula is C22H24N6O4. The maximum absolute atomic E-state index is 13.4. The van der Waals surface area contributed by atoms with Crippen LogP contribution >= 0.6 is 0 Å². The van der Waals surface area contributed by atoms with Gasteiger partial charge < -0.3 is 9.47 Å². The van der Waals surface area contributed by atoms with Crippen LogP contribution in [0, 0.1) is 0 Å². The molecule has 0 radical (unpaired) electrons. The number of hydrogen-bond donors (Lipinski definition) is 0. The molecule has 166 valence electrons. The van der Waals surface area contributed by atoms with Crippen LogP contribution in [0.1, 0.15) is 44.9 Å². The van der Waals surface area contributed by atoms with E-state index in [0.29, 0.717) is 49.8 Å². The fourth-order valence-corrected chi connectivity index (χ4v) is 3.88. The molecule has 1 aliphatic carbocycles. The Kier molecular flexibility index (Phi) is 4.81. The summed E-state index contributed by atoms with van der Waals surface area (Å²) < 4.78 is 14.7. The van der Waals surface area contributed by atoms with Gasteiger partial charge in [0, 0.05) is 18.7 Å². The van der Waals surface area contributed by atoms with Crippen LogP contribution in [-0.2, 0) is 27.4 Å². The number of ether oxygens (including phenoxy) is 2. The van der Waals surface area contributed by atoms with E-state index in [4.69, 9.17) is 9.47 Å². The van der Waals surface area contributed by atoms with E-state index in [0.717, 1.165) is 16.8 Å². The van der Waals surface area contributed by atoms with Crippen LogP contribution in [0.4, 0.5) is 16.3 Å². The normalized spacial score (nSPS) is 16.2. The number of pyridine rings is 1. The molecule has 0 saturated heterocycles. The minimum absolute atomic E-state index is 0.0889. The average molecular weight is 436 g/mol. The van der Waals surface area contributed by atoms with Crippen LogP contribution in [-0.4, -0.2) is 48.5 Å². The lowest BCUT2D eigenvalue weighted by Gasteiger charge is -2.26. The molecule has 2 aliphatic rings. The second-order valence-electron chi connectivity index (χ2n) is 8.86. The molecule has 4 heterocycles.